The second-order valence-electron chi connectivity index (χ2n) is 4.67. The average molecular weight is 332 g/mol. The zero-order valence-corrected chi connectivity index (χ0v) is 13.4. The molecule has 0 aliphatic carbocycles. The number of rotatable bonds is 7. The summed E-state index contributed by atoms with van der Waals surface area (Å²) >= 11 is 9.45. The van der Waals surface area contributed by atoms with Gasteiger partial charge in [0, 0.05) is 16.5 Å². The number of ketones is 1. The second kappa shape index (κ2) is 7.96. The summed E-state index contributed by atoms with van der Waals surface area (Å²) in [6.07, 6.45) is 5.17. The highest BCUT2D eigenvalue weighted by atomic mass is 79.9. The van der Waals surface area contributed by atoms with Crippen LogP contribution in [0.4, 0.5) is 0 Å². The van der Waals surface area contributed by atoms with Crippen molar-refractivity contribution in [2.75, 3.05) is 0 Å². The van der Waals surface area contributed by atoms with Gasteiger partial charge in [0.2, 0.25) is 0 Å². The van der Waals surface area contributed by atoms with Gasteiger partial charge in [-0.25, -0.2) is 0 Å². The Morgan fingerprint density at radius 1 is 1.39 bits per heavy atom. The number of carbonyl (C=O) groups excluding carboxylic acids is 1. The minimum atomic E-state index is 0.162. The molecule has 0 fully saturated rings. The van der Waals surface area contributed by atoms with Crippen molar-refractivity contribution in [1.82, 2.24) is 0 Å². The van der Waals surface area contributed by atoms with Crippen LogP contribution in [0.3, 0.4) is 0 Å². The van der Waals surface area contributed by atoms with E-state index in [1.807, 2.05) is 6.07 Å². The first-order chi connectivity index (χ1) is 8.58. The van der Waals surface area contributed by atoms with Gasteiger partial charge in [0.05, 0.1) is 5.02 Å². The van der Waals surface area contributed by atoms with Crippen LogP contribution in [0.1, 0.15) is 56.3 Å². The molecule has 1 atom stereocenters. The third-order valence-corrected chi connectivity index (χ3v) is 4.05. The van der Waals surface area contributed by atoms with Crippen LogP contribution in [0.25, 0.3) is 0 Å². The molecule has 0 aliphatic heterocycles. The maximum atomic E-state index is 12.2. The van der Waals surface area contributed by atoms with E-state index in [0.717, 1.165) is 17.3 Å². The lowest BCUT2D eigenvalue weighted by Crippen LogP contribution is -2.09. The van der Waals surface area contributed by atoms with Crippen LogP contribution in [0.5, 0.6) is 0 Å². The second-order valence-corrected chi connectivity index (χ2v) is 5.99. The zero-order chi connectivity index (χ0) is 13.5. The van der Waals surface area contributed by atoms with E-state index in [-0.39, 0.29) is 5.78 Å². The van der Waals surface area contributed by atoms with Gasteiger partial charge in [-0.15, -0.1) is 0 Å². The van der Waals surface area contributed by atoms with Crippen molar-refractivity contribution in [3.8, 4) is 0 Å². The fourth-order valence-electron chi connectivity index (χ4n) is 2.03. The number of Topliss-reactive ketones (excluding diaryl/α,β-unsaturated/α-hetero) is 1. The van der Waals surface area contributed by atoms with Crippen LogP contribution in [-0.2, 0) is 0 Å². The molecule has 0 aromatic heterocycles. The van der Waals surface area contributed by atoms with E-state index in [0.29, 0.717) is 22.9 Å². The first-order valence-electron chi connectivity index (χ1n) is 6.56. The third kappa shape index (κ3) is 4.74. The molecule has 0 N–H and O–H groups in total. The fourth-order valence-corrected chi connectivity index (χ4v) is 2.81. The van der Waals surface area contributed by atoms with Gasteiger partial charge in [-0.2, -0.15) is 0 Å². The Morgan fingerprint density at radius 3 is 2.67 bits per heavy atom. The van der Waals surface area contributed by atoms with Crippen LogP contribution in [-0.4, -0.2) is 5.78 Å². The minimum absolute atomic E-state index is 0.162. The SMILES string of the molecule is CCCCC(CC)CC(=O)c1ccc(Br)cc1Cl. The van der Waals surface area contributed by atoms with Crippen molar-refractivity contribution in [1.29, 1.82) is 0 Å². The molecule has 0 heterocycles. The van der Waals surface area contributed by atoms with Crippen molar-refractivity contribution in [2.24, 2.45) is 5.92 Å². The lowest BCUT2D eigenvalue weighted by Gasteiger charge is -2.14. The number of hydrogen-bond donors (Lipinski definition) is 0. The highest BCUT2D eigenvalue weighted by molar-refractivity contribution is 9.10. The summed E-state index contributed by atoms with van der Waals surface area (Å²) in [7, 11) is 0. The molecule has 0 amide bonds. The summed E-state index contributed by atoms with van der Waals surface area (Å²) in [4.78, 5) is 12.2. The van der Waals surface area contributed by atoms with Gasteiger partial charge in [0.15, 0.2) is 5.78 Å². The van der Waals surface area contributed by atoms with E-state index in [4.69, 9.17) is 11.6 Å². The number of hydrogen-bond acceptors (Lipinski definition) is 1. The van der Waals surface area contributed by atoms with Crippen LogP contribution < -0.4 is 0 Å². The Balaban J connectivity index is 2.68. The van der Waals surface area contributed by atoms with Crippen LogP contribution in [0.15, 0.2) is 22.7 Å². The van der Waals surface area contributed by atoms with Crippen molar-refractivity contribution in [2.45, 2.75) is 46.0 Å². The summed E-state index contributed by atoms with van der Waals surface area (Å²) < 4.78 is 0.905. The summed E-state index contributed by atoms with van der Waals surface area (Å²) in [6, 6.07) is 5.45. The molecule has 0 spiro atoms. The molecule has 3 heteroatoms. The van der Waals surface area contributed by atoms with Gasteiger partial charge < -0.3 is 0 Å². The van der Waals surface area contributed by atoms with Crippen molar-refractivity contribution in [3.63, 3.8) is 0 Å². The molecule has 1 rings (SSSR count). The standard InChI is InChI=1S/C15H20BrClO/c1-3-5-6-11(4-2)9-15(18)13-8-7-12(16)10-14(13)17/h7-8,10-11H,3-6,9H2,1-2H3. The predicted molar refractivity (Wildman–Crippen MR) is 81.4 cm³/mol. The smallest absolute Gasteiger partial charge is 0.164 e. The molecule has 18 heavy (non-hydrogen) atoms. The van der Waals surface area contributed by atoms with Crippen molar-refractivity contribution >= 4 is 33.3 Å². The summed E-state index contributed by atoms with van der Waals surface area (Å²) in [5.74, 6) is 0.646. The lowest BCUT2D eigenvalue weighted by molar-refractivity contribution is 0.0957. The van der Waals surface area contributed by atoms with Gasteiger partial charge in [-0.05, 0) is 24.1 Å². The van der Waals surface area contributed by atoms with Crippen LogP contribution in [0.2, 0.25) is 5.02 Å². The van der Waals surface area contributed by atoms with E-state index in [2.05, 4.69) is 29.8 Å². The molecule has 1 aromatic carbocycles. The fraction of sp³-hybridized carbons (Fsp3) is 0.533. The summed E-state index contributed by atoms with van der Waals surface area (Å²) in [6.45, 7) is 4.33. The van der Waals surface area contributed by atoms with Crippen molar-refractivity contribution in [3.05, 3.63) is 33.3 Å². The monoisotopic (exact) mass is 330 g/mol. The molecule has 0 saturated carbocycles. The lowest BCUT2D eigenvalue weighted by atomic mass is 9.91. The summed E-state index contributed by atoms with van der Waals surface area (Å²) in [5, 5.41) is 0.541. The Bertz CT molecular complexity index is 403. The molecule has 0 radical (unpaired) electrons. The van der Waals surface area contributed by atoms with E-state index >= 15 is 0 Å². The molecule has 1 unspecified atom stereocenters. The maximum absolute atomic E-state index is 12.2. The number of unbranched alkanes of at least 4 members (excludes halogenated alkanes) is 1. The Morgan fingerprint density at radius 2 is 2.11 bits per heavy atom. The largest absolute Gasteiger partial charge is 0.294 e. The molecule has 0 saturated heterocycles. The number of carbonyl (C=O) groups is 1. The maximum Gasteiger partial charge on any atom is 0.164 e. The predicted octanol–water partition coefficient (Wildman–Crippen LogP) is 5.89. The van der Waals surface area contributed by atoms with E-state index in [1.54, 1.807) is 12.1 Å². The molecule has 0 bridgehead atoms. The molecule has 1 aromatic rings. The normalized spacial score (nSPS) is 12.4. The number of benzene rings is 1. The van der Waals surface area contributed by atoms with E-state index in [1.165, 1.54) is 12.8 Å². The average Bonchev–Trinajstić information content (AvgIpc) is 2.34. The van der Waals surface area contributed by atoms with E-state index in [9.17, 15) is 4.79 Å². The Hall–Kier alpha value is -0.340. The Kier molecular flexibility index (Phi) is 6.95. The minimum Gasteiger partial charge on any atom is -0.294 e. The zero-order valence-electron chi connectivity index (χ0n) is 11.0. The van der Waals surface area contributed by atoms with Crippen molar-refractivity contribution < 1.29 is 4.79 Å². The molecule has 1 nitrogen and oxygen atoms in total. The molecular weight excluding hydrogens is 312 g/mol. The quantitative estimate of drug-likeness (QED) is 0.569. The van der Waals surface area contributed by atoms with Gasteiger partial charge in [0.25, 0.3) is 0 Å². The van der Waals surface area contributed by atoms with Crippen LogP contribution in [0, 0.1) is 5.92 Å². The highest BCUT2D eigenvalue weighted by Gasteiger charge is 2.15. The van der Waals surface area contributed by atoms with Gasteiger partial charge in [-0.3, -0.25) is 4.79 Å². The van der Waals surface area contributed by atoms with Gasteiger partial charge >= 0.3 is 0 Å². The summed E-state index contributed by atoms with van der Waals surface area (Å²) in [5.41, 5.74) is 0.648. The van der Waals surface area contributed by atoms with Gasteiger partial charge in [-0.1, -0.05) is 67.1 Å². The van der Waals surface area contributed by atoms with E-state index < -0.39 is 0 Å². The van der Waals surface area contributed by atoms with Gasteiger partial charge in [0.1, 0.15) is 0 Å². The third-order valence-electron chi connectivity index (χ3n) is 3.25. The first kappa shape index (κ1) is 15.7. The molecule has 0 aliphatic rings. The number of halogens is 2. The first-order valence-corrected chi connectivity index (χ1v) is 7.73. The van der Waals surface area contributed by atoms with Crippen LogP contribution >= 0.6 is 27.5 Å². The Labute approximate surface area is 123 Å². The topological polar surface area (TPSA) is 17.1 Å². The molecule has 100 valence electrons. The molecular formula is C15H20BrClO. The highest BCUT2D eigenvalue weighted by Crippen LogP contribution is 2.25.